The summed E-state index contributed by atoms with van der Waals surface area (Å²) < 4.78 is 22.3. The van der Waals surface area contributed by atoms with Gasteiger partial charge < -0.3 is 14.0 Å². The highest BCUT2D eigenvalue weighted by molar-refractivity contribution is 9.10. The number of ether oxygens (including phenoxy) is 2. The van der Waals surface area contributed by atoms with Crippen LogP contribution in [0.3, 0.4) is 0 Å². The lowest BCUT2D eigenvalue weighted by molar-refractivity contribution is 0.0542. The zero-order valence-corrected chi connectivity index (χ0v) is 12.6. The second kappa shape index (κ2) is 5.41. The summed E-state index contributed by atoms with van der Waals surface area (Å²) in [5.41, 5.74) is -0.0955. The van der Waals surface area contributed by atoms with Gasteiger partial charge >= 0.3 is 11.9 Å². The molecule has 19 heavy (non-hydrogen) atoms. The van der Waals surface area contributed by atoms with Crippen LogP contribution in [-0.4, -0.2) is 51.4 Å². The monoisotopic (exact) mass is 350 g/mol. The van der Waals surface area contributed by atoms with Crippen molar-refractivity contribution in [1.82, 2.24) is 9.55 Å². The first-order valence-corrected chi connectivity index (χ1v) is 7.57. The number of hydrogen-bond acceptors (Lipinski definition) is 6. The predicted octanol–water partition coefficient (Wildman–Crippen LogP) is 0.522. The minimum atomic E-state index is -0.895. The fourth-order valence-corrected chi connectivity index (χ4v) is 3.50. The van der Waals surface area contributed by atoms with Gasteiger partial charge in [0.25, 0.3) is 0 Å². The molecule has 1 saturated heterocycles. The number of carbonyl (C=O) groups excluding carboxylic acids is 2. The van der Waals surface area contributed by atoms with E-state index in [-0.39, 0.29) is 17.4 Å². The molecule has 0 spiro atoms. The fraction of sp³-hybridized carbons (Fsp3) is 0.500. The molecule has 0 amide bonds. The molecule has 104 valence electrons. The largest absolute Gasteiger partial charge is 0.464 e. The highest BCUT2D eigenvalue weighted by atomic mass is 79.9. The minimum absolute atomic E-state index is 0.0166. The lowest BCUT2D eigenvalue weighted by Gasteiger charge is -2.27. The van der Waals surface area contributed by atoms with E-state index in [2.05, 4.69) is 30.4 Å². The van der Waals surface area contributed by atoms with Gasteiger partial charge in [-0.25, -0.2) is 14.6 Å². The molecule has 0 aliphatic carbocycles. The van der Waals surface area contributed by atoms with E-state index in [1.165, 1.54) is 18.8 Å². The van der Waals surface area contributed by atoms with Crippen molar-refractivity contribution >= 4 is 38.7 Å². The van der Waals surface area contributed by atoms with E-state index in [4.69, 9.17) is 0 Å². The average molecular weight is 351 g/mol. The Hall–Kier alpha value is -1.22. The molecule has 1 aromatic rings. The van der Waals surface area contributed by atoms with Gasteiger partial charge in [0, 0.05) is 22.3 Å². The van der Waals surface area contributed by atoms with Gasteiger partial charge in [-0.15, -0.1) is 0 Å². The molecule has 0 bridgehead atoms. The second-order valence-corrected chi connectivity index (χ2v) is 6.11. The smallest absolute Gasteiger partial charge is 0.359 e. The summed E-state index contributed by atoms with van der Waals surface area (Å²) in [6, 6.07) is -0.143. The number of halogens is 1. The van der Waals surface area contributed by atoms with E-state index >= 15 is 0 Å². The molecule has 0 saturated carbocycles. The molecule has 0 unspecified atom stereocenters. The number of rotatable bonds is 3. The summed E-state index contributed by atoms with van der Waals surface area (Å²) in [4.78, 5) is 27.4. The molecule has 9 heteroatoms. The third kappa shape index (κ3) is 2.44. The van der Waals surface area contributed by atoms with Crippen LogP contribution in [0.25, 0.3) is 0 Å². The topological polar surface area (TPSA) is 87.5 Å². The normalized spacial score (nSPS) is 21.6. The average Bonchev–Trinajstić information content (AvgIpc) is 2.70. The molecule has 2 heterocycles. The van der Waals surface area contributed by atoms with Crippen LogP contribution in [0.1, 0.15) is 27.0 Å². The van der Waals surface area contributed by atoms with Crippen LogP contribution in [0.4, 0.5) is 0 Å². The van der Waals surface area contributed by atoms with E-state index in [0.29, 0.717) is 16.2 Å². The Bertz CT molecular complexity index is 563. The van der Waals surface area contributed by atoms with Crippen LogP contribution in [-0.2, 0) is 20.3 Å². The number of methoxy groups -OCH3 is 2. The van der Waals surface area contributed by atoms with E-state index < -0.39 is 22.7 Å². The first-order valence-electron chi connectivity index (χ1n) is 5.29. The van der Waals surface area contributed by atoms with Crippen LogP contribution in [0.2, 0.25) is 0 Å². The number of nitrogens with zero attached hydrogens (tertiary/aromatic N) is 2. The summed E-state index contributed by atoms with van der Waals surface area (Å²) in [6.45, 7) is 0. The second-order valence-electron chi connectivity index (χ2n) is 3.86. The Morgan fingerprint density at radius 3 is 2.37 bits per heavy atom. The van der Waals surface area contributed by atoms with Gasteiger partial charge in [0.15, 0.2) is 16.1 Å². The van der Waals surface area contributed by atoms with Gasteiger partial charge in [-0.3, -0.25) is 4.21 Å². The predicted molar refractivity (Wildman–Crippen MR) is 69.5 cm³/mol. The Balaban J connectivity index is 2.52. The molecule has 0 radical (unpaired) electrons. The first kappa shape index (κ1) is 14.2. The van der Waals surface area contributed by atoms with Crippen LogP contribution in [0, 0.1) is 0 Å². The number of carbonyl (C=O) groups is 2. The third-order valence-electron chi connectivity index (χ3n) is 2.75. The Kier molecular flexibility index (Phi) is 4.04. The molecular formula is C10H11BrN2O5S. The van der Waals surface area contributed by atoms with Crippen molar-refractivity contribution < 1.29 is 23.3 Å². The lowest BCUT2D eigenvalue weighted by atomic mass is 10.2. The Morgan fingerprint density at radius 1 is 1.32 bits per heavy atom. The van der Waals surface area contributed by atoms with Gasteiger partial charge in [0.2, 0.25) is 0 Å². The molecule has 7 nitrogen and oxygen atoms in total. The summed E-state index contributed by atoms with van der Waals surface area (Å²) in [6.07, 6.45) is 0. The lowest BCUT2D eigenvalue weighted by Crippen LogP contribution is -2.35. The van der Waals surface area contributed by atoms with Crippen LogP contribution < -0.4 is 0 Å². The number of hydrogen-bond donors (Lipinski definition) is 0. The first-order chi connectivity index (χ1) is 8.99. The van der Waals surface area contributed by atoms with Crippen molar-refractivity contribution in [2.45, 2.75) is 6.04 Å². The van der Waals surface area contributed by atoms with Gasteiger partial charge in [-0.2, -0.15) is 0 Å². The maximum atomic E-state index is 11.8. The van der Waals surface area contributed by atoms with Crippen molar-refractivity contribution in [1.29, 1.82) is 0 Å². The van der Waals surface area contributed by atoms with E-state index in [0.717, 1.165) is 0 Å². The zero-order chi connectivity index (χ0) is 14.2. The number of imidazole rings is 1. The summed E-state index contributed by atoms with van der Waals surface area (Å²) in [5.74, 6) is -0.573. The molecular weight excluding hydrogens is 340 g/mol. The molecule has 1 aliphatic rings. The van der Waals surface area contributed by atoms with Crippen molar-refractivity contribution in [2.24, 2.45) is 0 Å². The minimum Gasteiger partial charge on any atom is -0.464 e. The summed E-state index contributed by atoms with van der Waals surface area (Å²) in [5, 5.41) is 0. The van der Waals surface area contributed by atoms with Gasteiger partial charge in [-0.1, -0.05) is 0 Å². The summed E-state index contributed by atoms with van der Waals surface area (Å²) in [7, 11) is 1.52. The van der Waals surface area contributed by atoms with E-state index in [1.54, 1.807) is 0 Å². The van der Waals surface area contributed by atoms with E-state index in [1.807, 2.05) is 0 Å². The van der Waals surface area contributed by atoms with E-state index in [9.17, 15) is 13.8 Å². The highest BCUT2D eigenvalue weighted by Crippen LogP contribution is 2.29. The van der Waals surface area contributed by atoms with Crippen LogP contribution >= 0.6 is 15.9 Å². The number of esters is 2. The Labute approximate surface area is 119 Å². The van der Waals surface area contributed by atoms with Crippen LogP contribution in [0.15, 0.2) is 4.73 Å². The van der Waals surface area contributed by atoms with Gasteiger partial charge in [0.05, 0.1) is 20.3 Å². The maximum Gasteiger partial charge on any atom is 0.359 e. The quantitative estimate of drug-likeness (QED) is 0.738. The van der Waals surface area contributed by atoms with Crippen LogP contribution in [0.5, 0.6) is 0 Å². The van der Waals surface area contributed by atoms with Crippen molar-refractivity contribution in [3.8, 4) is 0 Å². The molecule has 0 aromatic carbocycles. The SMILES string of the molecule is COC(=O)c1nc(Br)n(C2CS(=O)C2)c1C(=O)OC. The molecule has 1 aliphatic heterocycles. The standard InChI is InChI=1S/C10H11BrN2O5S/c1-17-8(14)6-7(9(15)18-2)13(10(11)12-6)5-3-19(16)4-5/h5H,3-4H2,1-2H3. The van der Waals surface area contributed by atoms with Crippen molar-refractivity contribution in [3.05, 3.63) is 16.1 Å². The third-order valence-corrected chi connectivity index (χ3v) is 4.82. The fourth-order valence-electron chi connectivity index (χ4n) is 1.80. The molecule has 0 N–H and O–H groups in total. The molecule has 1 aromatic heterocycles. The van der Waals surface area contributed by atoms with Crippen molar-refractivity contribution in [2.75, 3.05) is 25.7 Å². The maximum absolute atomic E-state index is 11.8. The number of aromatic nitrogens is 2. The summed E-state index contributed by atoms with van der Waals surface area (Å²) >= 11 is 3.20. The molecule has 0 atom stereocenters. The van der Waals surface area contributed by atoms with Crippen molar-refractivity contribution in [3.63, 3.8) is 0 Å². The van der Waals surface area contributed by atoms with Gasteiger partial charge in [0.1, 0.15) is 0 Å². The molecule has 2 rings (SSSR count). The van der Waals surface area contributed by atoms with Gasteiger partial charge in [-0.05, 0) is 15.9 Å². The highest BCUT2D eigenvalue weighted by Gasteiger charge is 2.36. The zero-order valence-electron chi connectivity index (χ0n) is 10.2. The molecule has 1 fully saturated rings. The Morgan fingerprint density at radius 2 is 1.89 bits per heavy atom.